The molecule has 0 aliphatic heterocycles. The molecule has 3 N–H and O–H groups in total. The van der Waals surface area contributed by atoms with E-state index in [1.807, 2.05) is 0 Å². The Hall–Kier alpha value is -0.0800. The van der Waals surface area contributed by atoms with E-state index in [4.69, 9.17) is 5.73 Å². The Morgan fingerprint density at radius 1 is 1.08 bits per heavy atom. The fourth-order valence-electron chi connectivity index (χ4n) is 1.33. The molecule has 0 aliphatic carbocycles. The van der Waals surface area contributed by atoms with Gasteiger partial charge in [-0.25, -0.2) is 0 Å². The maximum Gasteiger partial charge on any atom is 0.0546 e. The molecular formula is C10H24N2. The van der Waals surface area contributed by atoms with Crippen LogP contribution in [0.25, 0.3) is 0 Å². The van der Waals surface area contributed by atoms with Crippen LogP contribution >= 0.6 is 0 Å². The van der Waals surface area contributed by atoms with E-state index < -0.39 is 0 Å². The van der Waals surface area contributed by atoms with E-state index in [0.717, 1.165) is 13.0 Å². The Labute approximate surface area is 76.9 Å². The molecule has 0 aromatic rings. The van der Waals surface area contributed by atoms with Crippen molar-refractivity contribution in [3.8, 4) is 0 Å². The van der Waals surface area contributed by atoms with Gasteiger partial charge in [-0.1, -0.05) is 46.0 Å². The summed E-state index contributed by atoms with van der Waals surface area (Å²) in [6.07, 6.45) is 8.01. The molecule has 0 aromatic heterocycles. The number of hydrogen-bond donors (Lipinski definition) is 2. The van der Waals surface area contributed by atoms with Crippen LogP contribution < -0.4 is 11.1 Å². The standard InChI is InChI=1S/C10H24N2/c1-3-5-6-7-8-9-10(11)12-4-2/h10,12H,3-9,11H2,1-2H3. The van der Waals surface area contributed by atoms with Gasteiger partial charge in [0.05, 0.1) is 6.17 Å². The summed E-state index contributed by atoms with van der Waals surface area (Å²) in [6.45, 7) is 5.32. The van der Waals surface area contributed by atoms with E-state index in [0.29, 0.717) is 0 Å². The van der Waals surface area contributed by atoms with Crippen LogP contribution in [-0.2, 0) is 0 Å². The molecule has 0 bridgehead atoms. The van der Waals surface area contributed by atoms with Crippen LogP contribution in [-0.4, -0.2) is 12.7 Å². The summed E-state index contributed by atoms with van der Waals surface area (Å²) >= 11 is 0. The van der Waals surface area contributed by atoms with Crippen molar-refractivity contribution in [2.24, 2.45) is 5.73 Å². The molecule has 0 rings (SSSR count). The van der Waals surface area contributed by atoms with Crippen LogP contribution in [0.1, 0.15) is 52.4 Å². The Bertz CT molecular complexity index is 83.9. The van der Waals surface area contributed by atoms with Crippen LogP contribution in [0, 0.1) is 0 Å². The Morgan fingerprint density at radius 2 is 1.75 bits per heavy atom. The van der Waals surface area contributed by atoms with Gasteiger partial charge in [-0.05, 0) is 13.0 Å². The van der Waals surface area contributed by atoms with Crippen molar-refractivity contribution in [3.05, 3.63) is 0 Å². The third-order valence-corrected chi connectivity index (χ3v) is 2.08. The highest BCUT2D eigenvalue weighted by Crippen LogP contribution is 2.05. The van der Waals surface area contributed by atoms with Crippen molar-refractivity contribution in [2.75, 3.05) is 6.54 Å². The fraction of sp³-hybridized carbons (Fsp3) is 1.00. The molecule has 2 heteroatoms. The van der Waals surface area contributed by atoms with Gasteiger partial charge in [-0.2, -0.15) is 0 Å². The van der Waals surface area contributed by atoms with Crippen molar-refractivity contribution in [3.63, 3.8) is 0 Å². The molecule has 12 heavy (non-hydrogen) atoms. The van der Waals surface area contributed by atoms with Crippen molar-refractivity contribution in [1.29, 1.82) is 0 Å². The van der Waals surface area contributed by atoms with Crippen LogP contribution in [0.5, 0.6) is 0 Å². The van der Waals surface area contributed by atoms with Gasteiger partial charge in [0.15, 0.2) is 0 Å². The van der Waals surface area contributed by atoms with Crippen molar-refractivity contribution >= 4 is 0 Å². The number of nitrogens with one attached hydrogen (secondary N) is 1. The second-order valence-corrected chi connectivity index (χ2v) is 3.37. The Morgan fingerprint density at radius 3 is 2.33 bits per heavy atom. The molecule has 1 atom stereocenters. The maximum atomic E-state index is 5.79. The summed E-state index contributed by atoms with van der Waals surface area (Å²) in [5, 5.41) is 3.21. The molecule has 0 saturated heterocycles. The molecule has 1 unspecified atom stereocenters. The first-order valence-electron chi connectivity index (χ1n) is 5.30. The minimum atomic E-state index is 0.219. The second-order valence-electron chi connectivity index (χ2n) is 3.37. The van der Waals surface area contributed by atoms with Gasteiger partial charge in [0.2, 0.25) is 0 Å². The first-order chi connectivity index (χ1) is 5.81. The minimum Gasteiger partial charge on any atom is -0.316 e. The van der Waals surface area contributed by atoms with Gasteiger partial charge in [0.25, 0.3) is 0 Å². The summed E-state index contributed by atoms with van der Waals surface area (Å²) in [4.78, 5) is 0. The van der Waals surface area contributed by atoms with Gasteiger partial charge >= 0.3 is 0 Å². The molecule has 0 aliphatic rings. The lowest BCUT2D eigenvalue weighted by Gasteiger charge is -2.11. The molecule has 0 saturated carbocycles. The summed E-state index contributed by atoms with van der Waals surface area (Å²) in [7, 11) is 0. The van der Waals surface area contributed by atoms with Crippen LogP contribution in [0.2, 0.25) is 0 Å². The zero-order valence-corrected chi connectivity index (χ0v) is 8.60. The first kappa shape index (κ1) is 11.9. The number of unbranched alkanes of at least 4 members (excludes halogenated alkanes) is 4. The summed E-state index contributed by atoms with van der Waals surface area (Å²) < 4.78 is 0. The molecule has 0 spiro atoms. The number of rotatable bonds is 8. The van der Waals surface area contributed by atoms with E-state index in [-0.39, 0.29) is 6.17 Å². The van der Waals surface area contributed by atoms with E-state index in [1.54, 1.807) is 0 Å². The molecular weight excluding hydrogens is 148 g/mol. The van der Waals surface area contributed by atoms with Crippen LogP contribution in [0.4, 0.5) is 0 Å². The molecule has 0 amide bonds. The van der Waals surface area contributed by atoms with Crippen LogP contribution in [0.15, 0.2) is 0 Å². The van der Waals surface area contributed by atoms with Gasteiger partial charge < -0.3 is 11.1 Å². The summed E-state index contributed by atoms with van der Waals surface area (Å²) in [5.74, 6) is 0. The Balaban J connectivity index is 2.97. The van der Waals surface area contributed by atoms with Gasteiger partial charge in [0, 0.05) is 0 Å². The van der Waals surface area contributed by atoms with Crippen molar-refractivity contribution in [2.45, 2.75) is 58.5 Å². The molecule has 0 fully saturated rings. The maximum absolute atomic E-state index is 5.79. The highest BCUT2D eigenvalue weighted by Gasteiger charge is 1.98. The van der Waals surface area contributed by atoms with E-state index in [2.05, 4.69) is 19.2 Å². The SMILES string of the molecule is CCCCCCCC(N)NCC. The molecule has 0 radical (unpaired) electrons. The van der Waals surface area contributed by atoms with Crippen LogP contribution in [0.3, 0.4) is 0 Å². The van der Waals surface area contributed by atoms with Crippen molar-refractivity contribution < 1.29 is 0 Å². The summed E-state index contributed by atoms with van der Waals surface area (Å²) in [5.41, 5.74) is 5.79. The smallest absolute Gasteiger partial charge is 0.0546 e. The largest absolute Gasteiger partial charge is 0.316 e. The summed E-state index contributed by atoms with van der Waals surface area (Å²) in [6, 6.07) is 0. The molecule has 0 heterocycles. The lowest BCUT2D eigenvalue weighted by atomic mass is 10.1. The molecule has 0 aromatic carbocycles. The lowest BCUT2D eigenvalue weighted by molar-refractivity contribution is 0.475. The first-order valence-corrected chi connectivity index (χ1v) is 5.30. The van der Waals surface area contributed by atoms with E-state index >= 15 is 0 Å². The second kappa shape index (κ2) is 9.01. The lowest BCUT2D eigenvalue weighted by Crippen LogP contribution is -2.36. The average Bonchev–Trinajstić information content (AvgIpc) is 2.05. The number of hydrogen-bond acceptors (Lipinski definition) is 2. The predicted molar refractivity (Wildman–Crippen MR) is 55.0 cm³/mol. The molecule has 2 nitrogen and oxygen atoms in total. The van der Waals surface area contributed by atoms with E-state index in [9.17, 15) is 0 Å². The van der Waals surface area contributed by atoms with Gasteiger partial charge in [-0.3, -0.25) is 0 Å². The topological polar surface area (TPSA) is 38.0 Å². The minimum absolute atomic E-state index is 0.219. The predicted octanol–water partition coefficient (Wildman–Crippen LogP) is 2.24. The normalized spacial score (nSPS) is 13.2. The van der Waals surface area contributed by atoms with Gasteiger partial charge in [-0.15, -0.1) is 0 Å². The zero-order valence-electron chi connectivity index (χ0n) is 8.60. The number of nitrogens with two attached hydrogens (primary N) is 1. The highest BCUT2D eigenvalue weighted by molar-refractivity contribution is 4.57. The highest BCUT2D eigenvalue weighted by atomic mass is 15.0. The van der Waals surface area contributed by atoms with Crippen molar-refractivity contribution in [1.82, 2.24) is 5.32 Å². The Kier molecular flexibility index (Phi) is 8.95. The third-order valence-electron chi connectivity index (χ3n) is 2.08. The zero-order chi connectivity index (χ0) is 9.23. The molecule has 74 valence electrons. The quantitative estimate of drug-likeness (QED) is 0.435. The third kappa shape index (κ3) is 8.02. The monoisotopic (exact) mass is 172 g/mol. The van der Waals surface area contributed by atoms with Gasteiger partial charge in [0.1, 0.15) is 0 Å². The van der Waals surface area contributed by atoms with E-state index in [1.165, 1.54) is 32.1 Å². The fourth-order valence-corrected chi connectivity index (χ4v) is 1.33. The average molecular weight is 172 g/mol.